The molecule has 0 aliphatic heterocycles. The van der Waals surface area contributed by atoms with E-state index in [0.717, 1.165) is 36.8 Å². The molecule has 0 saturated heterocycles. The highest BCUT2D eigenvalue weighted by molar-refractivity contribution is 5.07. The van der Waals surface area contributed by atoms with Crippen molar-refractivity contribution in [2.24, 2.45) is 17.8 Å². The van der Waals surface area contributed by atoms with Crippen LogP contribution in [0.1, 0.15) is 30.8 Å². The Morgan fingerprint density at radius 2 is 2.14 bits per heavy atom. The molecule has 0 unspecified atom stereocenters. The zero-order valence-corrected chi connectivity index (χ0v) is 12.6. The molecule has 5 heteroatoms. The van der Waals surface area contributed by atoms with Crippen LogP contribution in [-0.2, 0) is 6.42 Å². The summed E-state index contributed by atoms with van der Waals surface area (Å²) in [5, 5.41) is 23.4. The van der Waals surface area contributed by atoms with Crippen LogP contribution >= 0.6 is 0 Å². The van der Waals surface area contributed by atoms with E-state index in [1.807, 2.05) is 13.0 Å². The third-order valence-electron chi connectivity index (χ3n) is 4.91. The molecule has 2 aliphatic rings. The molecule has 0 radical (unpaired) electrons. The molecule has 0 spiro atoms. The van der Waals surface area contributed by atoms with Crippen molar-refractivity contribution in [3.63, 3.8) is 0 Å². The number of aryl methyl sites for hydroxylation is 1. The summed E-state index contributed by atoms with van der Waals surface area (Å²) >= 11 is 0. The molecule has 3 N–H and O–H groups in total. The molecule has 0 bridgehead atoms. The Morgan fingerprint density at radius 1 is 1.33 bits per heavy atom. The van der Waals surface area contributed by atoms with E-state index in [0.29, 0.717) is 0 Å². The maximum absolute atomic E-state index is 10.2. The van der Waals surface area contributed by atoms with Gasteiger partial charge in [-0.3, -0.25) is 0 Å². The predicted octanol–water partition coefficient (Wildman–Crippen LogP) is 0.685. The molecule has 1 aromatic rings. The summed E-state index contributed by atoms with van der Waals surface area (Å²) in [4.78, 5) is 8.60. The summed E-state index contributed by atoms with van der Waals surface area (Å²) in [6.45, 7) is 2.96. The number of aromatic nitrogens is 2. The topological polar surface area (TPSA) is 78.3 Å². The molecule has 2 fully saturated rings. The van der Waals surface area contributed by atoms with Crippen LogP contribution in [0.3, 0.4) is 0 Å². The van der Waals surface area contributed by atoms with Crippen molar-refractivity contribution < 1.29 is 10.2 Å². The third kappa shape index (κ3) is 3.59. The van der Waals surface area contributed by atoms with Crippen molar-refractivity contribution in [2.45, 2.75) is 44.8 Å². The Hall–Kier alpha value is -1.04. The number of aliphatic hydroxyl groups excluding tert-OH is 2. The molecule has 4 atom stereocenters. The van der Waals surface area contributed by atoms with Gasteiger partial charge in [-0.05, 0) is 57.1 Å². The van der Waals surface area contributed by atoms with Gasteiger partial charge in [-0.25, -0.2) is 9.97 Å². The lowest BCUT2D eigenvalue weighted by Gasteiger charge is -2.25. The molecule has 2 aliphatic carbocycles. The Morgan fingerprint density at radius 3 is 2.81 bits per heavy atom. The van der Waals surface area contributed by atoms with E-state index < -0.39 is 6.10 Å². The first-order valence-electron chi connectivity index (χ1n) is 7.98. The van der Waals surface area contributed by atoms with Gasteiger partial charge in [-0.2, -0.15) is 0 Å². The number of nitrogens with one attached hydrogen (secondary N) is 1. The van der Waals surface area contributed by atoms with Crippen molar-refractivity contribution in [1.82, 2.24) is 15.3 Å². The molecular formula is C16H25N3O2. The second-order valence-corrected chi connectivity index (χ2v) is 6.57. The van der Waals surface area contributed by atoms with Gasteiger partial charge >= 0.3 is 0 Å². The zero-order chi connectivity index (χ0) is 14.8. The monoisotopic (exact) mass is 291 g/mol. The van der Waals surface area contributed by atoms with Gasteiger partial charge in [0.25, 0.3) is 0 Å². The number of aliphatic hydroxyl groups is 2. The molecule has 2 saturated carbocycles. The van der Waals surface area contributed by atoms with Crippen molar-refractivity contribution in [3.05, 3.63) is 23.8 Å². The van der Waals surface area contributed by atoms with E-state index in [9.17, 15) is 10.2 Å². The summed E-state index contributed by atoms with van der Waals surface area (Å²) < 4.78 is 0. The first-order chi connectivity index (χ1) is 10.2. The van der Waals surface area contributed by atoms with E-state index in [1.54, 1.807) is 6.20 Å². The number of hydrogen-bond donors (Lipinski definition) is 3. The summed E-state index contributed by atoms with van der Waals surface area (Å²) in [5.41, 5.74) is 0.998. The summed E-state index contributed by atoms with van der Waals surface area (Å²) in [5.74, 6) is 1.77. The number of hydrogen-bond acceptors (Lipinski definition) is 5. The highest BCUT2D eigenvalue weighted by Crippen LogP contribution is 2.36. The van der Waals surface area contributed by atoms with Crippen LogP contribution in [0.25, 0.3) is 0 Å². The van der Waals surface area contributed by atoms with E-state index in [-0.39, 0.29) is 24.5 Å². The fourth-order valence-electron chi connectivity index (χ4n) is 3.48. The Labute approximate surface area is 125 Å². The van der Waals surface area contributed by atoms with Crippen LogP contribution in [0.2, 0.25) is 0 Å². The predicted molar refractivity (Wildman–Crippen MR) is 79.7 cm³/mol. The van der Waals surface area contributed by atoms with E-state index in [4.69, 9.17) is 0 Å². The fraction of sp³-hybridized carbons (Fsp3) is 0.750. The standard InChI is InChI=1S/C16H25N3O2/c1-10-17-5-4-12(19-10)6-13-14(9-20)16(21)7-15(13)18-8-11-2-3-11/h4-5,11,13-16,18,20-21H,2-3,6-9H2,1H3/t13-,14-,15-,16-/m1/s1. The van der Waals surface area contributed by atoms with Crippen molar-refractivity contribution in [3.8, 4) is 0 Å². The molecule has 5 nitrogen and oxygen atoms in total. The largest absolute Gasteiger partial charge is 0.396 e. The van der Waals surface area contributed by atoms with Crippen molar-refractivity contribution >= 4 is 0 Å². The van der Waals surface area contributed by atoms with Crippen LogP contribution in [0, 0.1) is 24.7 Å². The molecule has 0 aromatic carbocycles. The molecule has 0 amide bonds. The van der Waals surface area contributed by atoms with Crippen LogP contribution < -0.4 is 5.32 Å². The van der Waals surface area contributed by atoms with Gasteiger partial charge in [-0.15, -0.1) is 0 Å². The highest BCUT2D eigenvalue weighted by Gasteiger charge is 2.42. The smallest absolute Gasteiger partial charge is 0.125 e. The van der Waals surface area contributed by atoms with Crippen LogP contribution in [-0.4, -0.2) is 45.5 Å². The lowest BCUT2D eigenvalue weighted by atomic mass is 9.88. The molecule has 1 heterocycles. The number of nitrogens with zero attached hydrogens (tertiary/aromatic N) is 2. The maximum Gasteiger partial charge on any atom is 0.125 e. The number of rotatable bonds is 6. The third-order valence-corrected chi connectivity index (χ3v) is 4.91. The van der Waals surface area contributed by atoms with E-state index in [2.05, 4.69) is 15.3 Å². The van der Waals surface area contributed by atoms with Gasteiger partial charge in [0, 0.05) is 30.5 Å². The first-order valence-corrected chi connectivity index (χ1v) is 7.98. The zero-order valence-electron chi connectivity index (χ0n) is 12.6. The normalized spacial score (nSPS) is 32.5. The highest BCUT2D eigenvalue weighted by atomic mass is 16.3. The van der Waals surface area contributed by atoms with Crippen molar-refractivity contribution in [2.75, 3.05) is 13.2 Å². The molecular weight excluding hydrogens is 266 g/mol. The van der Waals surface area contributed by atoms with Gasteiger partial charge in [0.2, 0.25) is 0 Å². The Bertz CT molecular complexity index is 478. The van der Waals surface area contributed by atoms with Gasteiger partial charge < -0.3 is 15.5 Å². The summed E-state index contributed by atoms with van der Waals surface area (Å²) in [6.07, 6.45) is 5.52. The minimum atomic E-state index is -0.417. The average Bonchev–Trinajstić information content (AvgIpc) is 3.23. The summed E-state index contributed by atoms with van der Waals surface area (Å²) in [6, 6.07) is 2.21. The van der Waals surface area contributed by atoms with Crippen molar-refractivity contribution in [1.29, 1.82) is 0 Å². The van der Waals surface area contributed by atoms with Gasteiger partial charge in [0.1, 0.15) is 5.82 Å². The molecule has 21 heavy (non-hydrogen) atoms. The minimum Gasteiger partial charge on any atom is -0.396 e. The molecule has 3 rings (SSSR count). The van der Waals surface area contributed by atoms with Crippen LogP contribution in [0.15, 0.2) is 12.3 Å². The quantitative estimate of drug-likeness (QED) is 0.718. The maximum atomic E-state index is 10.2. The van der Waals surface area contributed by atoms with Crippen LogP contribution in [0.5, 0.6) is 0 Å². The lowest BCUT2D eigenvalue weighted by Crippen LogP contribution is -2.37. The van der Waals surface area contributed by atoms with Gasteiger partial charge in [-0.1, -0.05) is 0 Å². The molecule has 1 aromatic heterocycles. The Kier molecular flexibility index (Phi) is 4.52. The summed E-state index contributed by atoms with van der Waals surface area (Å²) in [7, 11) is 0. The fourth-order valence-corrected chi connectivity index (χ4v) is 3.48. The second kappa shape index (κ2) is 6.38. The van der Waals surface area contributed by atoms with E-state index in [1.165, 1.54) is 12.8 Å². The lowest BCUT2D eigenvalue weighted by molar-refractivity contribution is 0.0716. The minimum absolute atomic E-state index is 0.0392. The first kappa shape index (κ1) is 14.9. The average molecular weight is 291 g/mol. The molecule has 116 valence electrons. The van der Waals surface area contributed by atoms with Gasteiger partial charge in [0.15, 0.2) is 0 Å². The SMILES string of the molecule is Cc1nccc(C[C@@H]2[C@@H](CO)[C@H](O)C[C@H]2NCC2CC2)n1. The van der Waals surface area contributed by atoms with Crippen LogP contribution in [0.4, 0.5) is 0 Å². The van der Waals surface area contributed by atoms with E-state index >= 15 is 0 Å². The van der Waals surface area contributed by atoms with Gasteiger partial charge in [0.05, 0.1) is 6.10 Å². The second-order valence-electron chi connectivity index (χ2n) is 6.57. The Balaban J connectivity index is 1.69.